The van der Waals surface area contributed by atoms with Gasteiger partial charge in [-0.05, 0) is 24.5 Å². The van der Waals surface area contributed by atoms with E-state index < -0.39 is 17.9 Å². The van der Waals surface area contributed by atoms with E-state index in [2.05, 4.69) is 5.32 Å². The number of benzene rings is 2. The quantitative estimate of drug-likeness (QED) is 0.863. The predicted molar refractivity (Wildman–Crippen MR) is 84.0 cm³/mol. The van der Waals surface area contributed by atoms with Crippen LogP contribution in [0.15, 0.2) is 54.6 Å². The van der Waals surface area contributed by atoms with Gasteiger partial charge in [0.1, 0.15) is 11.9 Å². The van der Waals surface area contributed by atoms with E-state index in [1.54, 1.807) is 18.2 Å². The molecule has 0 aromatic heterocycles. The lowest BCUT2D eigenvalue weighted by Gasteiger charge is -2.13. The molecule has 1 saturated heterocycles. The Kier molecular flexibility index (Phi) is 4.37. The van der Waals surface area contributed by atoms with Crippen molar-refractivity contribution in [3.8, 4) is 0 Å². The summed E-state index contributed by atoms with van der Waals surface area (Å²) < 4.78 is 13.7. The van der Waals surface area contributed by atoms with Gasteiger partial charge in [-0.15, -0.1) is 0 Å². The summed E-state index contributed by atoms with van der Waals surface area (Å²) in [6.45, 7) is -0.0425. The lowest BCUT2D eigenvalue weighted by molar-refractivity contribution is -0.128. The number of aryl methyl sites for hydroxylation is 1. The molecule has 23 heavy (non-hydrogen) atoms. The van der Waals surface area contributed by atoms with Crippen molar-refractivity contribution in [2.24, 2.45) is 0 Å². The Hall–Kier alpha value is -2.69. The van der Waals surface area contributed by atoms with Gasteiger partial charge in [-0.3, -0.25) is 9.69 Å². The molecule has 0 saturated carbocycles. The fourth-order valence-corrected chi connectivity index (χ4v) is 2.67. The summed E-state index contributed by atoms with van der Waals surface area (Å²) in [7, 11) is 0. The second kappa shape index (κ2) is 6.60. The highest BCUT2D eigenvalue weighted by molar-refractivity contribution is 6.04. The van der Waals surface area contributed by atoms with E-state index in [0.29, 0.717) is 18.4 Å². The summed E-state index contributed by atoms with van der Waals surface area (Å²) >= 11 is 0. The van der Waals surface area contributed by atoms with Crippen LogP contribution in [-0.4, -0.2) is 22.9 Å². The topological polar surface area (TPSA) is 49.4 Å². The van der Waals surface area contributed by atoms with E-state index in [4.69, 9.17) is 0 Å². The van der Waals surface area contributed by atoms with Crippen LogP contribution in [0.4, 0.5) is 9.18 Å². The molecule has 0 aliphatic carbocycles. The second-order valence-electron chi connectivity index (χ2n) is 5.54. The molecule has 3 amide bonds. The normalized spacial score (nSPS) is 17.4. The molecule has 2 aromatic rings. The lowest BCUT2D eigenvalue weighted by atomic mass is 10.1. The van der Waals surface area contributed by atoms with Crippen LogP contribution < -0.4 is 5.32 Å². The number of amides is 3. The first-order valence-electron chi connectivity index (χ1n) is 7.54. The Labute approximate surface area is 133 Å². The molecule has 3 rings (SSSR count). The maximum Gasteiger partial charge on any atom is 0.325 e. The monoisotopic (exact) mass is 312 g/mol. The molecule has 4 nitrogen and oxygen atoms in total. The minimum atomic E-state index is -0.547. The smallest absolute Gasteiger partial charge is 0.325 e. The largest absolute Gasteiger partial charge is 0.326 e. The second-order valence-corrected chi connectivity index (χ2v) is 5.54. The fourth-order valence-electron chi connectivity index (χ4n) is 2.67. The number of halogens is 1. The Bertz CT molecular complexity index is 718. The maximum absolute atomic E-state index is 13.7. The molecule has 1 unspecified atom stereocenters. The van der Waals surface area contributed by atoms with Crippen LogP contribution in [0.3, 0.4) is 0 Å². The number of carbonyl (C=O) groups is 2. The molecule has 1 aliphatic heterocycles. The maximum atomic E-state index is 13.7. The van der Waals surface area contributed by atoms with Crippen molar-refractivity contribution in [3.63, 3.8) is 0 Å². The van der Waals surface area contributed by atoms with Gasteiger partial charge in [0.05, 0.1) is 6.54 Å². The van der Waals surface area contributed by atoms with Gasteiger partial charge >= 0.3 is 6.03 Å². The van der Waals surface area contributed by atoms with Crippen molar-refractivity contribution in [1.29, 1.82) is 0 Å². The van der Waals surface area contributed by atoms with Gasteiger partial charge in [0.15, 0.2) is 0 Å². The zero-order valence-electron chi connectivity index (χ0n) is 12.5. The van der Waals surface area contributed by atoms with Gasteiger partial charge in [-0.2, -0.15) is 0 Å². The first kappa shape index (κ1) is 15.2. The average Bonchev–Trinajstić information content (AvgIpc) is 2.83. The van der Waals surface area contributed by atoms with Crippen LogP contribution in [0, 0.1) is 5.82 Å². The zero-order valence-corrected chi connectivity index (χ0v) is 12.5. The number of rotatable bonds is 5. The minimum absolute atomic E-state index is 0.0425. The molecule has 0 bridgehead atoms. The highest BCUT2D eigenvalue weighted by atomic mass is 19.1. The Balaban J connectivity index is 1.64. The first-order chi connectivity index (χ1) is 11.1. The molecule has 5 heteroatoms. The highest BCUT2D eigenvalue weighted by Crippen LogP contribution is 2.17. The number of nitrogens with zero attached hydrogens (tertiary/aromatic N) is 1. The van der Waals surface area contributed by atoms with Crippen molar-refractivity contribution in [1.82, 2.24) is 10.2 Å². The van der Waals surface area contributed by atoms with Crippen molar-refractivity contribution in [2.45, 2.75) is 25.4 Å². The van der Waals surface area contributed by atoms with E-state index in [9.17, 15) is 14.0 Å². The highest BCUT2D eigenvalue weighted by Gasteiger charge is 2.37. The van der Waals surface area contributed by atoms with Gasteiger partial charge in [0.25, 0.3) is 5.91 Å². The number of hydrogen-bond donors (Lipinski definition) is 1. The molecule has 1 N–H and O–H groups in total. The number of hydrogen-bond acceptors (Lipinski definition) is 2. The summed E-state index contributed by atoms with van der Waals surface area (Å²) in [6, 6.07) is 14.9. The third-order valence-corrected chi connectivity index (χ3v) is 3.96. The van der Waals surface area contributed by atoms with Crippen LogP contribution in [0.5, 0.6) is 0 Å². The van der Waals surface area contributed by atoms with Crippen LogP contribution in [0.25, 0.3) is 0 Å². The number of carbonyl (C=O) groups excluding carboxylic acids is 2. The molecule has 1 heterocycles. The summed E-state index contributed by atoms with van der Waals surface area (Å²) in [5.74, 6) is -0.713. The predicted octanol–water partition coefficient (Wildman–Crippen LogP) is 2.88. The number of urea groups is 1. The summed E-state index contributed by atoms with van der Waals surface area (Å²) in [5, 5.41) is 2.68. The molecule has 2 aromatic carbocycles. The van der Waals surface area contributed by atoms with Crippen LogP contribution >= 0.6 is 0 Å². The summed E-state index contributed by atoms with van der Waals surface area (Å²) in [6.07, 6.45) is 1.23. The Morgan fingerprint density at radius 2 is 1.70 bits per heavy atom. The van der Waals surface area contributed by atoms with E-state index in [0.717, 1.165) is 10.5 Å². The van der Waals surface area contributed by atoms with E-state index in [-0.39, 0.29) is 12.5 Å². The Morgan fingerprint density at radius 1 is 1.00 bits per heavy atom. The van der Waals surface area contributed by atoms with Gasteiger partial charge in [0, 0.05) is 5.56 Å². The van der Waals surface area contributed by atoms with E-state index in [1.807, 2.05) is 30.3 Å². The summed E-state index contributed by atoms with van der Waals surface area (Å²) in [5.41, 5.74) is 1.45. The molecular formula is C18H17FN2O2. The molecule has 0 spiro atoms. The molecule has 1 fully saturated rings. The molecule has 1 atom stereocenters. The minimum Gasteiger partial charge on any atom is -0.326 e. The van der Waals surface area contributed by atoms with Gasteiger partial charge in [0.2, 0.25) is 0 Å². The summed E-state index contributed by atoms with van der Waals surface area (Å²) in [4.78, 5) is 25.4. The standard InChI is InChI=1S/C18H17FN2O2/c19-15-9-5-4-8-14(15)12-21-17(22)16(20-18(21)23)11-10-13-6-2-1-3-7-13/h1-9,16H,10-12H2,(H,20,23). The third-order valence-electron chi connectivity index (χ3n) is 3.96. The van der Waals surface area contributed by atoms with Crippen LogP contribution in [0.1, 0.15) is 17.5 Å². The number of imide groups is 1. The lowest BCUT2D eigenvalue weighted by Crippen LogP contribution is -2.31. The molecule has 0 radical (unpaired) electrons. The number of nitrogens with one attached hydrogen (secondary N) is 1. The van der Waals surface area contributed by atoms with Crippen molar-refractivity contribution in [2.75, 3.05) is 0 Å². The third kappa shape index (κ3) is 3.39. The van der Waals surface area contributed by atoms with E-state index >= 15 is 0 Å². The average molecular weight is 312 g/mol. The van der Waals surface area contributed by atoms with Crippen molar-refractivity contribution < 1.29 is 14.0 Å². The van der Waals surface area contributed by atoms with Gasteiger partial charge < -0.3 is 5.32 Å². The SMILES string of the molecule is O=C1NC(CCc2ccccc2)C(=O)N1Cc1ccccc1F. The van der Waals surface area contributed by atoms with Gasteiger partial charge in [-0.1, -0.05) is 48.5 Å². The molecular weight excluding hydrogens is 295 g/mol. The van der Waals surface area contributed by atoms with E-state index in [1.165, 1.54) is 6.07 Å². The fraction of sp³-hybridized carbons (Fsp3) is 0.222. The first-order valence-corrected chi connectivity index (χ1v) is 7.54. The van der Waals surface area contributed by atoms with Crippen LogP contribution in [-0.2, 0) is 17.8 Å². The Morgan fingerprint density at radius 3 is 2.43 bits per heavy atom. The van der Waals surface area contributed by atoms with Crippen molar-refractivity contribution in [3.05, 3.63) is 71.5 Å². The van der Waals surface area contributed by atoms with Crippen molar-refractivity contribution >= 4 is 11.9 Å². The molecule has 118 valence electrons. The molecule has 1 aliphatic rings. The van der Waals surface area contributed by atoms with Gasteiger partial charge in [-0.25, -0.2) is 9.18 Å². The van der Waals surface area contributed by atoms with Crippen LogP contribution in [0.2, 0.25) is 0 Å². The zero-order chi connectivity index (χ0) is 16.2.